The predicted molar refractivity (Wildman–Crippen MR) is 67.2 cm³/mol. The van der Waals surface area contributed by atoms with Crippen molar-refractivity contribution in [3.63, 3.8) is 0 Å². The second-order valence-electron chi connectivity index (χ2n) is 4.97. The van der Waals surface area contributed by atoms with Crippen LogP contribution in [0.3, 0.4) is 0 Å². The largest absolute Gasteiger partial charge is 0.511 e. The van der Waals surface area contributed by atoms with Crippen LogP contribution >= 0.6 is 0 Å². The molecule has 0 spiro atoms. The zero-order valence-corrected chi connectivity index (χ0v) is 12.7. The van der Waals surface area contributed by atoms with Gasteiger partial charge in [0.05, 0.1) is 5.41 Å². The van der Waals surface area contributed by atoms with Crippen LogP contribution in [-0.4, -0.2) is 32.5 Å². The molecular formula is C11H20F3NO4S. The molecule has 0 bridgehead atoms. The maximum atomic E-state index is 12.1. The number of alkyl halides is 3. The predicted octanol–water partition coefficient (Wildman–Crippen LogP) is 2.18. The third kappa shape index (κ3) is 5.28. The lowest BCUT2D eigenvalue weighted by Gasteiger charge is -2.25. The SMILES string of the molecule is CCC(CNS(=O)(=O)C(F)(F)F)OC(=O)C(C)(C)CC. The Balaban J connectivity index is 4.64. The van der Waals surface area contributed by atoms with Gasteiger partial charge >= 0.3 is 21.5 Å². The molecule has 0 aliphatic heterocycles. The van der Waals surface area contributed by atoms with Gasteiger partial charge in [-0.3, -0.25) is 4.79 Å². The molecule has 0 fully saturated rings. The molecule has 0 saturated heterocycles. The Labute approximate surface area is 116 Å². The summed E-state index contributed by atoms with van der Waals surface area (Å²) in [7, 11) is -5.42. The first-order chi connectivity index (χ1) is 8.87. The molecule has 1 N–H and O–H groups in total. The van der Waals surface area contributed by atoms with Crippen molar-refractivity contribution in [2.24, 2.45) is 5.41 Å². The van der Waals surface area contributed by atoms with Crippen molar-refractivity contribution in [1.29, 1.82) is 0 Å². The fraction of sp³-hybridized carbons (Fsp3) is 0.909. The van der Waals surface area contributed by atoms with Gasteiger partial charge in [0.2, 0.25) is 0 Å². The van der Waals surface area contributed by atoms with Gasteiger partial charge in [-0.05, 0) is 26.7 Å². The van der Waals surface area contributed by atoms with Crippen LogP contribution in [0.15, 0.2) is 0 Å². The molecule has 0 amide bonds. The Morgan fingerprint density at radius 2 is 1.75 bits per heavy atom. The lowest BCUT2D eigenvalue weighted by Crippen LogP contribution is -2.42. The van der Waals surface area contributed by atoms with Crippen LogP contribution in [0.4, 0.5) is 13.2 Å². The minimum atomic E-state index is -5.42. The number of halogens is 3. The van der Waals surface area contributed by atoms with E-state index < -0.39 is 39.6 Å². The van der Waals surface area contributed by atoms with Crippen LogP contribution in [0.25, 0.3) is 0 Å². The first kappa shape index (κ1) is 19.2. The highest BCUT2D eigenvalue weighted by atomic mass is 32.2. The van der Waals surface area contributed by atoms with Gasteiger partial charge in [0.15, 0.2) is 0 Å². The van der Waals surface area contributed by atoms with E-state index in [2.05, 4.69) is 0 Å². The second kappa shape index (κ2) is 6.75. The highest BCUT2D eigenvalue weighted by molar-refractivity contribution is 7.90. The van der Waals surface area contributed by atoms with Gasteiger partial charge in [-0.2, -0.15) is 13.2 Å². The van der Waals surface area contributed by atoms with Gasteiger partial charge in [0.1, 0.15) is 6.10 Å². The van der Waals surface area contributed by atoms with Gasteiger partial charge < -0.3 is 4.74 Å². The van der Waals surface area contributed by atoms with E-state index >= 15 is 0 Å². The average molecular weight is 319 g/mol. The standard InChI is InChI=1S/C11H20F3NO4S/c1-5-8(19-9(16)10(3,4)6-2)7-15-20(17,18)11(12,13)14/h8,15H,5-7H2,1-4H3. The summed E-state index contributed by atoms with van der Waals surface area (Å²) in [6.45, 7) is 6.03. The van der Waals surface area contributed by atoms with Crippen LogP contribution in [0.5, 0.6) is 0 Å². The quantitative estimate of drug-likeness (QED) is 0.730. The van der Waals surface area contributed by atoms with Gasteiger partial charge in [-0.15, -0.1) is 0 Å². The second-order valence-corrected chi connectivity index (χ2v) is 6.73. The topological polar surface area (TPSA) is 72.5 Å². The number of carbonyl (C=O) groups is 1. The number of rotatable bonds is 7. The third-order valence-corrected chi connectivity index (χ3v) is 4.13. The van der Waals surface area contributed by atoms with E-state index in [9.17, 15) is 26.4 Å². The number of esters is 1. The van der Waals surface area contributed by atoms with E-state index in [0.29, 0.717) is 6.42 Å². The number of ether oxygens (including phenoxy) is 1. The summed E-state index contributed by atoms with van der Waals surface area (Å²) >= 11 is 0. The van der Waals surface area contributed by atoms with E-state index in [1.165, 1.54) is 4.72 Å². The summed E-state index contributed by atoms with van der Waals surface area (Å²) < 4.78 is 64.5. The Morgan fingerprint density at radius 1 is 1.25 bits per heavy atom. The molecule has 0 saturated carbocycles. The minimum Gasteiger partial charge on any atom is -0.461 e. The van der Waals surface area contributed by atoms with Crippen molar-refractivity contribution < 1.29 is 31.1 Å². The number of hydrogen-bond donors (Lipinski definition) is 1. The fourth-order valence-corrected chi connectivity index (χ4v) is 1.58. The molecule has 0 aromatic rings. The smallest absolute Gasteiger partial charge is 0.461 e. The number of sulfonamides is 1. The molecule has 9 heteroatoms. The molecule has 20 heavy (non-hydrogen) atoms. The molecule has 0 heterocycles. The molecule has 0 aromatic carbocycles. The molecule has 1 atom stereocenters. The number of carbonyl (C=O) groups excluding carboxylic acids is 1. The fourth-order valence-electron chi connectivity index (χ4n) is 1.01. The van der Waals surface area contributed by atoms with Crippen molar-refractivity contribution in [2.75, 3.05) is 6.54 Å². The van der Waals surface area contributed by atoms with Crippen molar-refractivity contribution in [2.45, 2.75) is 52.1 Å². The maximum Gasteiger partial charge on any atom is 0.511 e. The molecule has 0 aliphatic carbocycles. The molecule has 0 radical (unpaired) electrons. The zero-order valence-electron chi connectivity index (χ0n) is 11.9. The maximum absolute atomic E-state index is 12.1. The van der Waals surface area contributed by atoms with E-state index in [0.717, 1.165) is 0 Å². The summed E-state index contributed by atoms with van der Waals surface area (Å²) in [5, 5.41) is 0. The third-order valence-electron chi connectivity index (χ3n) is 2.97. The van der Waals surface area contributed by atoms with E-state index in [1.54, 1.807) is 27.7 Å². The molecule has 1 unspecified atom stereocenters. The van der Waals surface area contributed by atoms with E-state index in [1.807, 2.05) is 0 Å². The van der Waals surface area contributed by atoms with Gasteiger partial charge in [-0.1, -0.05) is 13.8 Å². The zero-order chi connectivity index (χ0) is 16.2. The first-order valence-corrected chi connectivity index (χ1v) is 7.62. The van der Waals surface area contributed by atoms with Crippen LogP contribution in [0, 0.1) is 5.41 Å². The molecule has 0 rings (SSSR count). The highest BCUT2D eigenvalue weighted by Crippen LogP contribution is 2.24. The Hall–Kier alpha value is -0.830. The average Bonchev–Trinajstić information content (AvgIpc) is 2.32. The number of nitrogens with one attached hydrogen (secondary N) is 1. The van der Waals surface area contributed by atoms with E-state index in [4.69, 9.17) is 4.74 Å². The molecule has 120 valence electrons. The van der Waals surface area contributed by atoms with Gasteiger partial charge in [-0.25, -0.2) is 13.1 Å². The Kier molecular flexibility index (Phi) is 6.47. The van der Waals surface area contributed by atoms with Crippen molar-refractivity contribution in [3.05, 3.63) is 0 Å². The van der Waals surface area contributed by atoms with Gasteiger partial charge in [0, 0.05) is 6.54 Å². The monoisotopic (exact) mass is 319 g/mol. The normalized spacial score (nSPS) is 14.9. The van der Waals surface area contributed by atoms with Crippen molar-refractivity contribution >= 4 is 16.0 Å². The van der Waals surface area contributed by atoms with Crippen LogP contribution < -0.4 is 4.72 Å². The lowest BCUT2D eigenvalue weighted by molar-refractivity contribution is -0.159. The molecule has 0 aromatic heterocycles. The highest BCUT2D eigenvalue weighted by Gasteiger charge is 2.45. The van der Waals surface area contributed by atoms with Crippen LogP contribution in [0.1, 0.15) is 40.5 Å². The summed E-state index contributed by atoms with van der Waals surface area (Å²) in [5.41, 5.74) is -6.14. The lowest BCUT2D eigenvalue weighted by atomic mass is 9.90. The van der Waals surface area contributed by atoms with Crippen LogP contribution in [0.2, 0.25) is 0 Å². The first-order valence-electron chi connectivity index (χ1n) is 6.14. The molecule has 5 nitrogen and oxygen atoms in total. The van der Waals surface area contributed by atoms with E-state index in [-0.39, 0.29) is 6.42 Å². The van der Waals surface area contributed by atoms with Gasteiger partial charge in [0.25, 0.3) is 0 Å². The minimum absolute atomic E-state index is 0.200. The Morgan fingerprint density at radius 3 is 2.10 bits per heavy atom. The van der Waals surface area contributed by atoms with Crippen molar-refractivity contribution in [1.82, 2.24) is 4.72 Å². The molecular weight excluding hydrogens is 299 g/mol. The summed E-state index contributed by atoms with van der Waals surface area (Å²) in [5.74, 6) is -0.571. The molecule has 0 aliphatic rings. The van der Waals surface area contributed by atoms with Crippen molar-refractivity contribution in [3.8, 4) is 0 Å². The van der Waals surface area contributed by atoms with Crippen LogP contribution in [-0.2, 0) is 19.6 Å². The number of hydrogen-bond acceptors (Lipinski definition) is 4. The summed E-state index contributed by atoms with van der Waals surface area (Å²) in [6.07, 6.45) is -0.243. The summed E-state index contributed by atoms with van der Waals surface area (Å²) in [6, 6.07) is 0. The summed E-state index contributed by atoms with van der Waals surface area (Å²) in [4.78, 5) is 11.8. The Bertz CT molecular complexity index is 431.